The molecule has 4 amide bonds. The smallest absolute Gasteiger partial charge is 0.328 e. The van der Waals surface area contributed by atoms with Crippen molar-refractivity contribution in [2.24, 2.45) is 5.92 Å². The topological polar surface area (TPSA) is 120 Å². The maximum absolute atomic E-state index is 13.1. The molecule has 0 bridgehead atoms. The molecule has 1 aliphatic carbocycles. The van der Waals surface area contributed by atoms with E-state index in [1.807, 2.05) is 0 Å². The predicted octanol–water partition coefficient (Wildman–Crippen LogP) is 0.219. The van der Waals surface area contributed by atoms with Gasteiger partial charge < -0.3 is 30.5 Å². The number of urea groups is 1. The normalized spacial score (nSPS) is 23.9. The lowest BCUT2D eigenvalue weighted by Crippen LogP contribution is -2.65. The number of hydrogen-bond acceptors (Lipinski definition) is 6. The summed E-state index contributed by atoms with van der Waals surface area (Å²) in [5.41, 5.74) is 0. The zero-order valence-corrected chi connectivity index (χ0v) is 19.2. The molecule has 2 aliphatic heterocycles. The van der Waals surface area contributed by atoms with Crippen molar-refractivity contribution in [1.82, 2.24) is 25.8 Å². The van der Waals surface area contributed by atoms with Crippen molar-refractivity contribution in [2.45, 2.75) is 70.0 Å². The number of carbonyl (C=O) groups excluding carboxylic acids is 4. The van der Waals surface area contributed by atoms with E-state index in [9.17, 15) is 19.2 Å². The van der Waals surface area contributed by atoms with E-state index in [0.29, 0.717) is 6.54 Å². The highest BCUT2D eigenvalue weighted by Crippen LogP contribution is 2.21. The summed E-state index contributed by atoms with van der Waals surface area (Å²) in [6, 6.07) is -1.86. The number of amides is 4. The second kappa shape index (κ2) is 11.5. The lowest BCUT2D eigenvalue weighted by molar-refractivity contribution is -0.146. The summed E-state index contributed by atoms with van der Waals surface area (Å²) in [7, 11) is 1.26. The highest BCUT2D eigenvalue weighted by atomic mass is 16.5. The Kier molecular flexibility index (Phi) is 8.72. The van der Waals surface area contributed by atoms with Crippen molar-refractivity contribution >= 4 is 23.8 Å². The third kappa shape index (κ3) is 6.11. The summed E-state index contributed by atoms with van der Waals surface area (Å²) in [6.07, 6.45) is 6.79. The summed E-state index contributed by atoms with van der Waals surface area (Å²) in [5, 5.41) is 8.97. The molecule has 32 heavy (non-hydrogen) atoms. The van der Waals surface area contributed by atoms with Crippen LogP contribution in [0.2, 0.25) is 0 Å². The van der Waals surface area contributed by atoms with Crippen molar-refractivity contribution < 1.29 is 23.9 Å². The van der Waals surface area contributed by atoms with Crippen LogP contribution >= 0.6 is 0 Å². The number of ether oxygens (including phenoxy) is 1. The van der Waals surface area contributed by atoms with Gasteiger partial charge in [0, 0.05) is 25.0 Å². The fraction of sp³-hybridized carbons (Fsp3) is 0.818. The van der Waals surface area contributed by atoms with Crippen LogP contribution in [0.25, 0.3) is 0 Å². The quantitative estimate of drug-likeness (QED) is 0.515. The largest absolute Gasteiger partial charge is 0.467 e. The molecule has 3 aliphatic rings. The SMILES string of the molecule is COC(=O)[C@@H](C)NC(=O)[C@@H]1CN(C(=O)C2CCNCC2)CCN1C(=O)NC1CCCCC1. The highest BCUT2D eigenvalue weighted by Gasteiger charge is 2.40. The maximum Gasteiger partial charge on any atom is 0.328 e. The van der Waals surface area contributed by atoms with Crippen molar-refractivity contribution in [1.29, 1.82) is 0 Å². The number of piperidine rings is 1. The standard InChI is InChI=1S/C22H37N5O5/c1-15(21(30)32-2)24-19(28)18-14-26(20(29)16-8-10-23-11-9-16)12-13-27(18)22(31)25-17-6-4-3-5-7-17/h15-18,23H,3-14H2,1-2H3,(H,24,28)(H,25,31)/t15-,18+/m1/s1. The number of piperazine rings is 1. The molecule has 0 spiro atoms. The molecule has 2 saturated heterocycles. The van der Waals surface area contributed by atoms with Crippen LogP contribution in [0.15, 0.2) is 0 Å². The van der Waals surface area contributed by atoms with E-state index in [4.69, 9.17) is 4.74 Å². The van der Waals surface area contributed by atoms with Gasteiger partial charge in [0.15, 0.2) is 0 Å². The first-order chi connectivity index (χ1) is 15.4. The Morgan fingerprint density at radius 3 is 2.34 bits per heavy atom. The summed E-state index contributed by atoms with van der Waals surface area (Å²) in [4.78, 5) is 54.2. The van der Waals surface area contributed by atoms with Crippen molar-refractivity contribution in [3.05, 3.63) is 0 Å². The molecule has 1 saturated carbocycles. The highest BCUT2D eigenvalue weighted by molar-refractivity contribution is 5.91. The number of methoxy groups -OCH3 is 1. The number of esters is 1. The third-order valence-electron chi connectivity index (χ3n) is 6.79. The van der Waals surface area contributed by atoms with Crippen LogP contribution in [0.4, 0.5) is 4.79 Å². The van der Waals surface area contributed by atoms with E-state index in [-0.39, 0.29) is 37.0 Å². The molecule has 0 aromatic heterocycles. The minimum atomic E-state index is -0.856. The summed E-state index contributed by atoms with van der Waals surface area (Å²) in [6.45, 7) is 3.95. The van der Waals surface area contributed by atoms with Gasteiger partial charge in [0.2, 0.25) is 11.8 Å². The Hall–Kier alpha value is -2.36. The Balaban J connectivity index is 1.69. The maximum atomic E-state index is 13.1. The average molecular weight is 452 g/mol. The molecule has 10 heteroatoms. The summed E-state index contributed by atoms with van der Waals surface area (Å²) < 4.78 is 4.70. The van der Waals surface area contributed by atoms with Crippen LogP contribution in [-0.4, -0.2) is 91.6 Å². The van der Waals surface area contributed by atoms with Gasteiger partial charge in [-0.1, -0.05) is 19.3 Å². The monoisotopic (exact) mass is 451 g/mol. The van der Waals surface area contributed by atoms with Gasteiger partial charge >= 0.3 is 12.0 Å². The van der Waals surface area contributed by atoms with E-state index in [0.717, 1.165) is 51.6 Å². The van der Waals surface area contributed by atoms with Gasteiger partial charge in [0.1, 0.15) is 12.1 Å². The molecule has 2 atom stereocenters. The molecule has 0 aromatic carbocycles. The summed E-state index contributed by atoms with van der Waals surface area (Å²) >= 11 is 0. The van der Waals surface area contributed by atoms with Crippen molar-refractivity contribution in [3.63, 3.8) is 0 Å². The summed E-state index contributed by atoms with van der Waals surface area (Å²) in [5.74, 6) is -1.03. The minimum absolute atomic E-state index is 0.0395. The predicted molar refractivity (Wildman–Crippen MR) is 118 cm³/mol. The van der Waals surface area contributed by atoms with E-state index >= 15 is 0 Å². The van der Waals surface area contributed by atoms with Crippen LogP contribution in [0.1, 0.15) is 51.9 Å². The van der Waals surface area contributed by atoms with E-state index < -0.39 is 24.0 Å². The number of hydrogen-bond donors (Lipinski definition) is 3. The lowest BCUT2D eigenvalue weighted by atomic mass is 9.95. The zero-order chi connectivity index (χ0) is 23.1. The van der Waals surface area contributed by atoms with Crippen LogP contribution < -0.4 is 16.0 Å². The van der Waals surface area contributed by atoms with Crippen LogP contribution in [0.5, 0.6) is 0 Å². The lowest BCUT2D eigenvalue weighted by Gasteiger charge is -2.42. The van der Waals surface area contributed by atoms with Gasteiger partial charge in [0.05, 0.1) is 13.7 Å². The van der Waals surface area contributed by atoms with Crippen LogP contribution in [0.3, 0.4) is 0 Å². The van der Waals surface area contributed by atoms with Crippen molar-refractivity contribution in [2.75, 3.05) is 39.8 Å². The molecule has 10 nitrogen and oxygen atoms in total. The van der Waals surface area contributed by atoms with Gasteiger partial charge in [0.25, 0.3) is 0 Å². The number of nitrogens with zero attached hydrogens (tertiary/aromatic N) is 2. The van der Waals surface area contributed by atoms with Crippen LogP contribution in [0, 0.1) is 5.92 Å². The molecule has 2 heterocycles. The number of carbonyl (C=O) groups is 4. The Morgan fingerprint density at radius 2 is 1.69 bits per heavy atom. The molecule has 3 fully saturated rings. The molecule has 180 valence electrons. The second-order valence-corrected chi connectivity index (χ2v) is 9.06. The minimum Gasteiger partial charge on any atom is -0.467 e. The molecule has 0 aromatic rings. The average Bonchev–Trinajstić information content (AvgIpc) is 2.83. The van der Waals surface area contributed by atoms with Crippen molar-refractivity contribution in [3.8, 4) is 0 Å². The first kappa shape index (κ1) is 24.3. The third-order valence-corrected chi connectivity index (χ3v) is 6.79. The fourth-order valence-corrected chi connectivity index (χ4v) is 4.83. The Morgan fingerprint density at radius 1 is 1.00 bits per heavy atom. The van der Waals surface area contributed by atoms with Crippen LogP contribution in [-0.2, 0) is 19.1 Å². The van der Waals surface area contributed by atoms with E-state index in [1.54, 1.807) is 4.90 Å². The first-order valence-electron chi connectivity index (χ1n) is 11.9. The number of rotatable bonds is 5. The molecule has 0 unspecified atom stereocenters. The van der Waals surface area contributed by atoms with Gasteiger partial charge in [-0.05, 0) is 45.7 Å². The van der Waals surface area contributed by atoms with Gasteiger partial charge in [-0.2, -0.15) is 0 Å². The molecular weight excluding hydrogens is 414 g/mol. The fourth-order valence-electron chi connectivity index (χ4n) is 4.83. The Labute approximate surface area is 189 Å². The molecule has 0 radical (unpaired) electrons. The van der Waals surface area contributed by atoms with E-state index in [2.05, 4.69) is 16.0 Å². The Bertz CT molecular complexity index is 690. The van der Waals surface area contributed by atoms with E-state index in [1.165, 1.54) is 25.4 Å². The first-order valence-corrected chi connectivity index (χ1v) is 11.9. The van der Waals surface area contributed by atoms with Gasteiger partial charge in [-0.25, -0.2) is 9.59 Å². The zero-order valence-electron chi connectivity index (χ0n) is 19.2. The van der Waals surface area contributed by atoms with Gasteiger partial charge in [-0.3, -0.25) is 9.59 Å². The molecule has 3 rings (SSSR count). The molecular formula is C22H37N5O5. The number of nitrogens with one attached hydrogen (secondary N) is 3. The van der Waals surface area contributed by atoms with Gasteiger partial charge in [-0.15, -0.1) is 0 Å². The second-order valence-electron chi connectivity index (χ2n) is 9.06. The molecule has 3 N–H and O–H groups in total.